The molecule has 8 nitrogen and oxygen atoms in total. The number of aliphatic hydroxyl groups is 1. The van der Waals surface area contributed by atoms with E-state index in [9.17, 15) is 9.90 Å². The highest BCUT2D eigenvalue weighted by Crippen LogP contribution is 2.43. The van der Waals surface area contributed by atoms with Crippen LogP contribution in [0.2, 0.25) is 0 Å². The highest BCUT2D eigenvalue weighted by atomic mass is 16.5. The van der Waals surface area contributed by atoms with Crippen LogP contribution in [0.3, 0.4) is 0 Å². The third kappa shape index (κ3) is 3.76. The third-order valence-corrected chi connectivity index (χ3v) is 6.31. The van der Waals surface area contributed by atoms with Crippen LogP contribution < -0.4 is 16.2 Å². The quantitative estimate of drug-likeness (QED) is 0.402. The molecule has 0 spiro atoms. The Morgan fingerprint density at radius 1 is 1.18 bits per heavy atom. The van der Waals surface area contributed by atoms with E-state index in [1.165, 1.54) is 0 Å². The molecule has 8 heteroatoms. The van der Waals surface area contributed by atoms with Crippen molar-refractivity contribution in [1.29, 1.82) is 0 Å². The summed E-state index contributed by atoms with van der Waals surface area (Å²) in [4.78, 5) is 17.2. The van der Waals surface area contributed by atoms with Gasteiger partial charge in [0.2, 0.25) is 0 Å². The zero-order valence-corrected chi connectivity index (χ0v) is 19.2. The number of ether oxygens (including phenoxy) is 1. The molecule has 4 aromatic rings. The number of benzene rings is 2. The Morgan fingerprint density at radius 2 is 1.91 bits per heavy atom. The number of fused-ring (bicyclic) bond motifs is 1. The van der Waals surface area contributed by atoms with Gasteiger partial charge in [0.15, 0.2) is 0 Å². The molecule has 1 aliphatic rings. The van der Waals surface area contributed by atoms with Gasteiger partial charge in [-0.3, -0.25) is 4.79 Å². The maximum Gasteiger partial charge on any atom is 0.254 e. The first-order valence-electron chi connectivity index (χ1n) is 11.3. The zero-order chi connectivity index (χ0) is 24.0. The van der Waals surface area contributed by atoms with Gasteiger partial charge in [-0.25, -0.2) is 9.67 Å². The van der Waals surface area contributed by atoms with Crippen LogP contribution in [0.15, 0.2) is 54.6 Å². The largest absolute Gasteiger partial charge is 0.493 e. The Hall–Kier alpha value is -3.91. The number of hydrogen-bond donors (Lipinski definition) is 3. The Morgan fingerprint density at radius 3 is 2.56 bits per heavy atom. The summed E-state index contributed by atoms with van der Waals surface area (Å²) in [6.07, 6.45) is 1.02. The second-order valence-corrected chi connectivity index (χ2v) is 9.01. The van der Waals surface area contributed by atoms with E-state index in [4.69, 9.17) is 21.2 Å². The van der Waals surface area contributed by atoms with Crippen molar-refractivity contribution >= 4 is 22.6 Å². The predicted molar refractivity (Wildman–Crippen MR) is 131 cm³/mol. The number of pyridine rings is 1. The number of nitrogens with zero attached hydrogens (tertiary/aromatic N) is 3. The fourth-order valence-electron chi connectivity index (χ4n) is 4.67. The van der Waals surface area contributed by atoms with Crippen molar-refractivity contribution in [3.8, 4) is 28.3 Å². The van der Waals surface area contributed by atoms with Gasteiger partial charge in [0, 0.05) is 22.6 Å². The molecule has 0 radical (unpaired) electrons. The van der Waals surface area contributed by atoms with Gasteiger partial charge in [-0.2, -0.15) is 5.10 Å². The first-order valence-corrected chi connectivity index (χ1v) is 11.3. The minimum Gasteiger partial charge on any atom is -0.493 e. The lowest BCUT2D eigenvalue weighted by molar-refractivity contribution is -0.0535. The molecule has 5 N–H and O–H groups in total. The maximum absolute atomic E-state index is 12.3. The van der Waals surface area contributed by atoms with Gasteiger partial charge in [0.05, 0.1) is 29.5 Å². The van der Waals surface area contributed by atoms with Gasteiger partial charge >= 0.3 is 0 Å². The van der Waals surface area contributed by atoms with Crippen LogP contribution in [0.4, 0.5) is 5.82 Å². The minimum atomic E-state index is -0.757. The van der Waals surface area contributed by atoms with E-state index in [1.54, 1.807) is 11.6 Å². The second kappa shape index (κ2) is 8.14. The number of nitrogens with two attached hydrogens (primary N) is 2. The van der Waals surface area contributed by atoms with Crippen molar-refractivity contribution in [1.82, 2.24) is 14.8 Å². The first kappa shape index (κ1) is 21.9. The monoisotopic (exact) mass is 457 g/mol. The van der Waals surface area contributed by atoms with E-state index in [0.717, 1.165) is 22.4 Å². The van der Waals surface area contributed by atoms with Crippen molar-refractivity contribution in [3.63, 3.8) is 0 Å². The van der Waals surface area contributed by atoms with Gasteiger partial charge in [-0.15, -0.1) is 0 Å². The lowest BCUT2D eigenvalue weighted by Crippen LogP contribution is -2.42. The zero-order valence-electron chi connectivity index (χ0n) is 19.2. The lowest BCUT2D eigenvalue weighted by Gasteiger charge is -2.41. The number of carbonyl (C=O) groups is 1. The van der Waals surface area contributed by atoms with Gasteiger partial charge in [-0.1, -0.05) is 36.4 Å². The van der Waals surface area contributed by atoms with Crippen LogP contribution in [-0.4, -0.2) is 38.0 Å². The topological polar surface area (TPSA) is 129 Å². The normalized spacial score (nSPS) is 19.7. The summed E-state index contributed by atoms with van der Waals surface area (Å²) in [5, 5.41) is 15.7. The Labute approximate surface area is 197 Å². The van der Waals surface area contributed by atoms with Crippen molar-refractivity contribution in [2.45, 2.75) is 38.3 Å². The van der Waals surface area contributed by atoms with E-state index in [-0.39, 0.29) is 17.4 Å². The van der Waals surface area contributed by atoms with Crippen molar-refractivity contribution < 1.29 is 14.6 Å². The number of hydrogen-bond acceptors (Lipinski definition) is 6. The maximum atomic E-state index is 12.3. The molecular weight excluding hydrogens is 430 g/mol. The highest BCUT2D eigenvalue weighted by Gasteiger charge is 2.41. The van der Waals surface area contributed by atoms with E-state index < -0.39 is 11.5 Å². The summed E-state index contributed by atoms with van der Waals surface area (Å²) in [5.74, 6) is 0.296. The van der Waals surface area contributed by atoms with E-state index in [0.29, 0.717) is 36.2 Å². The standard InChI is InChI=1S/C26H27N5O3/c1-3-34-21-12-19(15-7-5-4-6-8-15)29-20-11-16(9-10-18(20)21)23-22(25(28)32)24(27)31(30-23)17-13-26(2,33)14-17/h4-12,17,33H,3,13-14,27H2,1-2H3,(H2,28,32)/t17-,26+. The number of nitrogen functional groups attached to an aromatic ring is 1. The minimum absolute atomic E-state index is 0.0883. The number of rotatable bonds is 6. The molecule has 0 bridgehead atoms. The number of aromatic nitrogens is 3. The van der Waals surface area contributed by atoms with Crippen LogP contribution in [0.5, 0.6) is 5.75 Å². The van der Waals surface area contributed by atoms with Gasteiger partial charge < -0.3 is 21.3 Å². The molecule has 2 aromatic heterocycles. The van der Waals surface area contributed by atoms with E-state index in [1.807, 2.05) is 61.5 Å². The Kier molecular flexibility index (Phi) is 5.25. The number of anilines is 1. The van der Waals surface area contributed by atoms with Crippen LogP contribution in [-0.2, 0) is 0 Å². The molecule has 0 atom stereocenters. The van der Waals surface area contributed by atoms with E-state index in [2.05, 4.69) is 5.10 Å². The molecule has 34 heavy (non-hydrogen) atoms. The summed E-state index contributed by atoms with van der Waals surface area (Å²) in [7, 11) is 0. The smallest absolute Gasteiger partial charge is 0.254 e. The van der Waals surface area contributed by atoms with Crippen LogP contribution >= 0.6 is 0 Å². The fourth-order valence-corrected chi connectivity index (χ4v) is 4.67. The van der Waals surface area contributed by atoms with Crippen molar-refractivity contribution in [3.05, 3.63) is 60.2 Å². The molecule has 0 saturated heterocycles. The number of carbonyl (C=O) groups excluding carboxylic acids is 1. The van der Waals surface area contributed by atoms with E-state index >= 15 is 0 Å². The van der Waals surface area contributed by atoms with Gasteiger partial charge in [0.25, 0.3) is 5.91 Å². The van der Waals surface area contributed by atoms with Gasteiger partial charge in [0.1, 0.15) is 22.8 Å². The van der Waals surface area contributed by atoms with Crippen LogP contribution in [0.1, 0.15) is 43.1 Å². The molecule has 1 fully saturated rings. The van der Waals surface area contributed by atoms with Crippen molar-refractivity contribution in [2.75, 3.05) is 12.3 Å². The van der Waals surface area contributed by atoms with Crippen LogP contribution in [0, 0.1) is 0 Å². The fraction of sp³-hybridized carbons (Fsp3) is 0.269. The molecule has 1 saturated carbocycles. The second-order valence-electron chi connectivity index (χ2n) is 9.01. The average Bonchev–Trinajstić information content (AvgIpc) is 3.14. The molecular formula is C26H27N5O3. The molecule has 1 amide bonds. The first-order chi connectivity index (χ1) is 16.3. The number of primary amides is 1. The summed E-state index contributed by atoms with van der Waals surface area (Å²) in [5.41, 5.74) is 15.0. The molecule has 174 valence electrons. The summed E-state index contributed by atoms with van der Waals surface area (Å²) >= 11 is 0. The average molecular weight is 458 g/mol. The SMILES string of the molecule is CCOc1cc(-c2ccccc2)nc2cc(-c3nn([C@H]4C[C@@](C)(O)C4)c(N)c3C(N)=O)ccc12. The molecule has 0 aliphatic heterocycles. The predicted octanol–water partition coefficient (Wildman–Crippen LogP) is 3.93. The van der Waals surface area contributed by atoms with Gasteiger partial charge in [-0.05, 0) is 38.8 Å². The Balaban J connectivity index is 1.65. The third-order valence-electron chi connectivity index (χ3n) is 6.31. The van der Waals surface area contributed by atoms with Crippen LogP contribution in [0.25, 0.3) is 33.4 Å². The molecule has 0 unspecified atom stereocenters. The Bertz CT molecular complexity index is 1390. The molecule has 2 heterocycles. The highest BCUT2D eigenvalue weighted by molar-refractivity contribution is 6.04. The molecule has 1 aliphatic carbocycles. The lowest BCUT2D eigenvalue weighted by atomic mass is 9.77. The summed E-state index contributed by atoms with van der Waals surface area (Å²) < 4.78 is 7.52. The molecule has 2 aromatic carbocycles. The van der Waals surface area contributed by atoms with Crippen molar-refractivity contribution in [2.24, 2.45) is 5.73 Å². The number of amides is 1. The summed E-state index contributed by atoms with van der Waals surface area (Å²) in [6.45, 7) is 4.23. The summed E-state index contributed by atoms with van der Waals surface area (Å²) in [6, 6.07) is 17.4. The molecule has 5 rings (SSSR count).